The molecule has 2 aromatic heterocycles. The minimum Gasteiger partial charge on any atom is -0.549 e. The van der Waals surface area contributed by atoms with E-state index in [9.17, 15) is 24.3 Å². The number of amides is 3. The summed E-state index contributed by atoms with van der Waals surface area (Å²) in [6, 6.07) is 20.8. The monoisotopic (exact) mass is 1010 g/mol. The number of nitrogens with zero attached hydrogens (tertiary/aromatic N) is 8. The van der Waals surface area contributed by atoms with Crippen LogP contribution in [0, 0.1) is 5.41 Å². The van der Waals surface area contributed by atoms with E-state index in [0.29, 0.717) is 67.8 Å². The fourth-order valence-electron chi connectivity index (χ4n) is 10.3. The Balaban J connectivity index is 0.00000800. The molecule has 2 bridgehead atoms. The van der Waals surface area contributed by atoms with E-state index in [1.54, 1.807) is 17.0 Å². The van der Waals surface area contributed by atoms with Crippen LogP contribution in [0.5, 0.6) is 11.6 Å². The average Bonchev–Trinajstić information content (AvgIpc) is 3.60. The molecular formula is C54H72LiN11O8. The van der Waals surface area contributed by atoms with Gasteiger partial charge in [-0.15, -0.1) is 10.2 Å². The Morgan fingerprint density at radius 1 is 0.932 bits per heavy atom. The number of anilines is 4. The molecule has 8 rings (SSSR count). The van der Waals surface area contributed by atoms with Crippen LogP contribution in [-0.4, -0.2) is 150 Å². The van der Waals surface area contributed by atoms with Crippen molar-refractivity contribution >= 4 is 46.8 Å². The Labute approximate surface area is 447 Å². The molecule has 4 N–H and O–H groups in total. The number of hydrogen-bond acceptors (Lipinski definition) is 16. The predicted octanol–water partition coefficient (Wildman–Crippen LogP) is 1.96. The predicted molar refractivity (Wildman–Crippen MR) is 277 cm³/mol. The number of pyridine rings is 1. The molecular weight excluding hydrogens is 938 g/mol. The molecule has 5 heterocycles. The maximum Gasteiger partial charge on any atom is 1.00 e. The maximum absolute atomic E-state index is 13.6. The Bertz CT molecular complexity index is 2560. The van der Waals surface area contributed by atoms with Gasteiger partial charge in [-0.05, 0) is 135 Å². The summed E-state index contributed by atoms with van der Waals surface area (Å²) in [5, 5.41) is 26.5. The first-order chi connectivity index (χ1) is 35.0. The number of carboxylic acid groups (broad SMARTS) is 1. The topological polar surface area (TPSA) is 224 Å². The summed E-state index contributed by atoms with van der Waals surface area (Å²) in [6.07, 6.45) is 6.48. The van der Waals surface area contributed by atoms with Gasteiger partial charge in [0.2, 0.25) is 17.7 Å². The smallest absolute Gasteiger partial charge is 0.549 e. The van der Waals surface area contributed by atoms with Crippen molar-refractivity contribution in [1.29, 1.82) is 0 Å². The molecule has 4 atom stereocenters. The summed E-state index contributed by atoms with van der Waals surface area (Å²) in [4.78, 5) is 66.8. The Kier molecular flexibility index (Phi) is 18.4. The van der Waals surface area contributed by atoms with Gasteiger partial charge in [-0.3, -0.25) is 14.5 Å². The van der Waals surface area contributed by atoms with Crippen molar-refractivity contribution in [2.24, 2.45) is 5.41 Å². The maximum atomic E-state index is 13.6. The largest absolute Gasteiger partial charge is 1.00 e. The summed E-state index contributed by atoms with van der Waals surface area (Å²) in [5.41, 5.74) is 9.16. The molecule has 3 aliphatic heterocycles. The SMILES string of the molecule is CC1CN(C(=O)OC(C)(C)C)CCN1CCOc1cc(N2C3CCC2CN(c2cc(-c4ccccc4OCc4ccc(NC(=O)[C@H](CCCCN(C)C)NC(=O)C5(C(=O)[O-])CCC5)cc4)nnc2N)C3)ccn1.[Li+]. The van der Waals surface area contributed by atoms with Gasteiger partial charge in [0.1, 0.15) is 30.6 Å². The van der Waals surface area contributed by atoms with E-state index >= 15 is 0 Å². The minimum atomic E-state index is -1.58. The molecule has 1 aliphatic carbocycles. The van der Waals surface area contributed by atoms with Crippen molar-refractivity contribution in [3.05, 3.63) is 78.5 Å². The fourth-order valence-corrected chi connectivity index (χ4v) is 10.3. The summed E-state index contributed by atoms with van der Waals surface area (Å²) < 4.78 is 18.2. The zero-order valence-electron chi connectivity index (χ0n) is 44.2. The molecule has 4 aromatic rings. The van der Waals surface area contributed by atoms with E-state index < -0.39 is 34.8 Å². The van der Waals surface area contributed by atoms with E-state index in [2.05, 4.69) is 53.5 Å². The molecule has 3 amide bonds. The van der Waals surface area contributed by atoms with Crippen LogP contribution in [0.25, 0.3) is 11.3 Å². The molecule has 2 aromatic carbocycles. The first-order valence-electron chi connectivity index (χ1n) is 25.7. The second-order valence-corrected chi connectivity index (χ2v) is 21.2. The van der Waals surface area contributed by atoms with Gasteiger partial charge in [0.05, 0.1) is 22.8 Å². The number of piperazine rings is 2. The fraction of sp³-hybridized carbons (Fsp3) is 0.537. The molecule has 74 heavy (non-hydrogen) atoms. The van der Waals surface area contributed by atoms with E-state index in [1.165, 1.54) is 0 Å². The Morgan fingerprint density at radius 2 is 1.66 bits per heavy atom. The molecule has 1 saturated carbocycles. The van der Waals surface area contributed by atoms with Crippen LogP contribution in [0.2, 0.25) is 0 Å². The van der Waals surface area contributed by atoms with Crippen LogP contribution < -0.4 is 59.6 Å². The molecule has 3 unspecified atom stereocenters. The standard InChI is InChI=1S/C54H73N11O8.Li/c1-36-32-63(52(70)73-53(2,3)4)27-26-62(36)28-29-71-47-30-39(21-24-56-47)65-40-19-20-41(65)34-64(33-40)45-31-44(59-60-48(45)55)42-12-7-8-14-46(42)72-35-37-15-17-38(18-16-37)57-49(66)43(13-9-10-25-61(5)6)58-50(67)54(51(68)69)22-11-23-54;/h7-8,12,14-18,21,24,30-31,36,40-41,43H,9-11,13,19-20,22-23,25-29,32-35H2,1-6H3,(H2,55,60)(H,57,66)(H,58,67)(H,68,69);/q;+1/p-1/t36?,40?,41?,43-;/m0./s1. The number of para-hydroxylation sites is 1. The van der Waals surface area contributed by atoms with Crippen molar-refractivity contribution in [2.45, 2.75) is 115 Å². The van der Waals surface area contributed by atoms with Gasteiger partial charge in [0.15, 0.2) is 5.82 Å². The molecule has 20 heteroatoms. The number of aromatic nitrogens is 3. The second-order valence-electron chi connectivity index (χ2n) is 21.2. The van der Waals surface area contributed by atoms with Gasteiger partial charge in [-0.2, -0.15) is 0 Å². The number of fused-ring (bicyclic) bond motifs is 2. The van der Waals surface area contributed by atoms with Gasteiger partial charge < -0.3 is 60.1 Å². The van der Waals surface area contributed by atoms with Gasteiger partial charge in [0, 0.05) is 86.6 Å². The number of rotatable bonds is 20. The van der Waals surface area contributed by atoms with E-state index in [4.69, 9.17) is 19.9 Å². The van der Waals surface area contributed by atoms with E-state index in [0.717, 1.165) is 74.5 Å². The van der Waals surface area contributed by atoms with Gasteiger partial charge in [0.25, 0.3) is 0 Å². The van der Waals surface area contributed by atoms with Crippen LogP contribution >= 0.6 is 0 Å². The zero-order chi connectivity index (χ0) is 51.9. The van der Waals surface area contributed by atoms with Crippen molar-refractivity contribution in [2.75, 3.05) is 87.4 Å². The molecule has 392 valence electrons. The summed E-state index contributed by atoms with van der Waals surface area (Å²) in [5.74, 6) is -0.910. The third kappa shape index (κ3) is 13.6. The van der Waals surface area contributed by atoms with E-state index in [-0.39, 0.29) is 62.5 Å². The van der Waals surface area contributed by atoms with Crippen LogP contribution in [0.3, 0.4) is 0 Å². The van der Waals surface area contributed by atoms with Crippen LogP contribution in [0.4, 0.5) is 27.7 Å². The third-order valence-electron chi connectivity index (χ3n) is 14.5. The van der Waals surface area contributed by atoms with Crippen molar-refractivity contribution < 1.29 is 57.4 Å². The average molecular weight is 1010 g/mol. The summed E-state index contributed by atoms with van der Waals surface area (Å²) in [6.45, 7) is 13.5. The van der Waals surface area contributed by atoms with Crippen molar-refractivity contribution in [3.63, 3.8) is 0 Å². The number of carbonyl (C=O) groups excluding carboxylic acids is 4. The normalized spacial score (nSPS) is 19.7. The number of hydrogen-bond donors (Lipinski definition) is 3. The zero-order valence-corrected chi connectivity index (χ0v) is 44.2. The van der Waals surface area contributed by atoms with Gasteiger partial charge >= 0.3 is 25.0 Å². The molecule has 19 nitrogen and oxygen atoms in total. The van der Waals surface area contributed by atoms with E-state index in [1.807, 2.05) is 94.5 Å². The summed E-state index contributed by atoms with van der Waals surface area (Å²) in [7, 11) is 3.94. The number of ether oxygens (including phenoxy) is 3. The number of benzene rings is 2. The molecule has 3 saturated heterocycles. The first kappa shape index (κ1) is 55.6. The minimum absolute atomic E-state index is 0. The molecule has 4 fully saturated rings. The molecule has 4 aliphatic rings. The van der Waals surface area contributed by atoms with Crippen LogP contribution in [-0.2, 0) is 25.7 Å². The number of aliphatic carboxylic acids is 1. The van der Waals surface area contributed by atoms with Gasteiger partial charge in [-0.1, -0.05) is 30.7 Å². The quantitative estimate of drug-likeness (QED) is 0.0654. The third-order valence-corrected chi connectivity index (χ3v) is 14.5. The number of carboxylic acids is 1. The van der Waals surface area contributed by atoms with Crippen LogP contribution in [0.1, 0.15) is 84.6 Å². The number of carbonyl (C=O) groups is 4. The summed E-state index contributed by atoms with van der Waals surface area (Å²) >= 11 is 0. The molecule has 0 spiro atoms. The van der Waals surface area contributed by atoms with Crippen molar-refractivity contribution in [1.82, 2.24) is 35.2 Å². The molecule has 0 radical (unpaired) electrons. The Hall–Kier alpha value is -6.13. The number of nitrogen functional groups attached to an aromatic ring is 1. The first-order valence-corrected chi connectivity index (χ1v) is 25.7. The Morgan fingerprint density at radius 3 is 2.32 bits per heavy atom. The number of nitrogens with two attached hydrogens (primary N) is 1. The van der Waals surface area contributed by atoms with Crippen molar-refractivity contribution in [3.8, 4) is 22.9 Å². The number of nitrogens with one attached hydrogen (secondary N) is 2. The number of unbranched alkanes of at least 4 members (excludes halogenated alkanes) is 1. The second kappa shape index (κ2) is 24.5. The van der Waals surface area contributed by atoms with Crippen LogP contribution in [0.15, 0.2) is 72.9 Å². The van der Waals surface area contributed by atoms with Gasteiger partial charge in [-0.25, -0.2) is 9.78 Å².